The van der Waals surface area contributed by atoms with Crippen LogP contribution in [-0.4, -0.2) is 11.9 Å². The van der Waals surface area contributed by atoms with E-state index in [0.717, 1.165) is 0 Å². The van der Waals surface area contributed by atoms with Crippen LogP contribution in [0.5, 0.6) is 0 Å². The molecule has 0 unspecified atom stereocenters. The molecule has 0 saturated carbocycles. The Bertz CT molecular complexity index is 110. The Hall–Kier alpha value is -0.190. The Kier molecular flexibility index (Phi) is 4.57. The third kappa shape index (κ3) is 4.32. The summed E-state index contributed by atoms with van der Waals surface area (Å²) in [6.45, 7) is -0.0941. The Morgan fingerprint density at radius 3 is 2.22 bits per heavy atom. The second-order valence-corrected chi connectivity index (χ2v) is 1.86. The molecule has 5 heteroatoms. The van der Waals surface area contributed by atoms with Crippen LogP contribution in [-0.2, 0) is 4.74 Å². The standard InChI is InChI=1S/C4H4BrF3O/c5-1-2-9-4(8)3(6)7/h1-2H2. The maximum Gasteiger partial charge on any atom is 0.342 e. The van der Waals surface area contributed by atoms with Crippen LogP contribution in [0.15, 0.2) is 12.1 Å². The van der Waals surface area contributed by atoms with E-state index in [1.54, 1.807) is 0 Å². The molecule has 0 rings (SSSR count). The van der Waals surface area contributed by atoms with Crippen molar-refractivity contribution in [2.45, 2.75) is 0 Å². The van der Waals surface area contributed by atoms with Crippen molar-refractivity contribution in [3.63, 3.8) is 0 Å². The topological polar surface area (TPSA) is 9.23 Å². The molecular formula is C4H4BrF3O. The molecule has 0 bridgehead atoms. The minimum atomic E-state index is -2.42. The van der Waals surface area contributed by atoms with Gasteiger partial charge < -0.3 is 4.74 Å². The van der Waals surface area contributed by atoms with Crippen LogP contribution in [0.25, 0.3) is 0 Å². The van der Waals surface area contributed by atoms with Gasteiger partial charge in [-0.05, 0) is 0 Å². The van der Waals surface area contributed by atoms with Crippen LogP contribution in [0.1, 0.15) is 0 Å². The van der Waals surface area contributed by atoms with Gasteiger partial charge >= 0.3 is 12.1 Å². The van der Waals surface area contributed by atoms with Crippen molar-refractivity contribution in [3.8, 4) is 0 Å². The molecule has 0 amide bonds. The van der Waals surface area contributed by atoms with Gasteiger partial charge in [-0.25, -0.2) is 0 Å². The van der Waals surface area contributed by atoms with Crippen molar-refractivity contribution in [3.05, 3.63) is 12.1 Å². The monoisotopic (exact) mass is 204 g/mol. The average Bonchev–Trinajstić information content (AvgIpc) is 1.82. The predicted molar refractivity (Wildman–Crippen MR) is 30.1 cm³/mol. The van der Waals surface area contributed by atoms with Gasteiger partial charge in [0.2, 0.25) is 0 Å². The van der Waals surface area contributed by atoms with Gasteiger partial charge in [0, 0.05) is 5.33 Å². The molecule has 0 aromatic rings. The van der Waals surface area contributed by atoms with Crippen molar-refractivity contribution in [1.29, 1.82) is 0 Å². The van der Waals surface area contributed by atoms with E-state index in [9.17, 15) is 13.2 Å². The third-order valence-corrected chi connectivity index (χ3v) is 0.778. The molecule has 0 saturated heterocycles. The predicted octanol–water partition coefficient (Wildman–Crippen LogP) is 2.43. The summed E-state index contributed by atoms with van der Waals surface area (Å²) >= 11 is 2.87. The molecule has 0 aliphatic heterocycles. The summed E-state index contributed by atoms with van der Waals surface area (Å²) in [6, 6.07) is -1.80. The van der Waals surface area contributed by atoms with E-state index in [4.69, 9.17) is 0 Å². The molecule has 0 spiro atoms. The van der Waals surface area contributed by atoms with Gasteiger partial charge in [0.05, 0.1) is 0 Å². The first-order valence-electron chi connectivity index (χ1n) is 2.08. The molecule has 0 atom stereocenters. The van der Waals surface area contributed by atoms with Crippen LogP contribution >= 0.6 is 15.9 Å². The van der Waals surface area contributed by atoms with Gasteiger partial charge in [0.15, 0.2) is 0 Å². The Morgan fingerprint density at radius 2 is 1.89 bits per heavy atom. The first-order valence-corrected chi connectivity index (χ1v) is 3.20. The Labute approximate surface area is 58.6 Å². The molecule has 0 aromatic carbocycles. The number of hydrogen-bond acceptors (Lipinski definition) is 1. The van der Waals surface area contributed by atoms with E-state index in [1.165, 1.54) is 0 Å². The lowest BCUT2D eigenvalue weighted by Crippen LogP contribution is -1.91. The number of alkyl halides is 1. The number of halogens is 4. The van der Waals surface area contributed by atoms with Crippen LogP contribution < -0.4 is 0 Å². The first-order chi connectivity index (χ1) is 4.18. The molecule has 0 aromatic heterocycles. The maximum absolute atomic E-state index is 11.6. The van der Waals surface area contributed by atoms with Gasteiger partial charge in [-0.3, -0.25) is 0 Å². The second-order valence-electron chi connectivity index (χ2n) is 1.07. The highest BCUT2D eigenvalue weighted by Gasteiger charge is 2.03. The first kappa shape index (κ1) is 8.81. The van der Waals surface area contributed by atoms with Gasteiger partial charge in [-0.15, -0.1) is 0 Å². The molecule has 0 aliphatic rings. The summed E-state index contributed by atoms with van der Waals surface area (Å²) in [5.41, 5.74) is 0. The lowest BCUT2D eigenvalue weighted by molar-refractivity contribution is 0.132. The Balaban J connectivity index is 3.50. The summed E-state index contributed by atoms with van der Waals surface area (Å²) in [7, 11) is 0. The van der Waals surface area contributed by atoms with Gasteiger partial charge in [-0.1, -0.05) is 15.9 Å². The zero-order chi connectivity index (χ0) is 7.28. The van der Waals surface area contributed by atoms with Crippen molar-refractivity contribution >= 4 is 15.9 Å². The molecule has 0 fully saturated rings. The van der Waals surface area contributed by atoms with Gasteiger partial charge in [0.25, 0.3) is 0 Å². The van der Waals surface area contributed by atoms with Crippen molar-refractivity contribution in [2.24, 2.45) is 0 Å². The van der Waals surface area contributed by atoms with E-state index < -0.39 is 12.1 Å². The number of ether oxygens (including phenoxy) is 1. The highest BCUT2D eigenvalue weighted by Crippen LogP contribution is 2.09. The van der Waals surface area contributed by atoms with Crippen LogP contribution in [0.2, 0.25) is 0 Å². The SMILES string of the molecule is FC(F)=C(F)OCCBr. The fourth-order valence-corrected chi connectivity index (χ4v) is 0.345. The lowest BCUT2D eigenvalue weighted by Gasteiger charge is -1.96. The highest BCUT2D eigenvalue weighted by molar-refractivity contribution is 9.09. The second kappa shape index (κ2) is 4.67. The average molecular weight is 205 g/mol. The summed E-state index contributed by atoms with van der Waals surface area (Å²) in [4.78, 5) is 0. The molecule has 1 nitrogen and oxygen atoms in total. The molecule has 9 heavy (non-hydrogen) atoms. The summed E-state index contributed by atoms with van der Waals surface area (Å²) in [5, 5.41) is 0.327. The molecule has 0 N–H and O–H groups in total. The van der Waals surface area contributed by atoms with Gasteiger partial charge in [0.1, 0.15) is 6.61 Å². The minimum Gasteiger partial charge on any atom is -0.466 e. The van der Waals surface area contributed by atoms with Crippen molar-refractivity contribution < 1.29 is 17.9 Å². The molecule has 54 valence electrons. The van der Waals surface area contributed by atoms with Crippen LogP contribution in [0, 0.1) is 0 Å². The van der Waals surface area contributed by atoms with Crippen LogP contribution in [0.4, 0.5) is 13.2 Å². The molecule has 0 aliphatic carbocycles. The fourth-order valence-electron chi connectivity index (χ4n) is 0.183. The fraction of sp³-hybridized carbons (Fsp3) is 0.500. The van der Waals surface area contributed by atoms with E-state index in [1.807, 2.05) is 0 Å². The molecule has 0 radical (unpaired) electrons. The van der Waals surface area contributed by atoms with E-state index in [2.05, 4.69) is 20.7 Å². The highest BCUT2D eigenvalue weighted by atomic mass is 79.9. The van der Waals surface area contributed by atoms with Crippen LogP contribution in [0.3, 0.4) is 0 Å². The zero-order valence-corrected chi connectivity index (χ0v) is 5.92. The normalized spacial score (nSPS) is 8.89. The summed E-state index contributed by atoms with van der Waals surface area (Å²) < 4.78 is 37.7. The summed E-state index contributed by atoms with van der Waals surface area (Å²) in [5.74, 6) is 0. The minimum absolute atomic E-state index is 0.0941. The largest absolute Gasteiger partial charge is 0.466 e. The lowest BCUT2D eigenvalue weighted by atomic mass is 10.8. The summed E-state index contributed by atoms with van der Waals surface area (Å²) in [6.07, 6.45) is -2.42. The van der Waals surface area contributed by atoms with Crippen molar-refractivity contribution in [1.82, 2.24) is 0 Å². The smallest absolute Gasteiger partial charge is 0.342 e. The Morgan fingerprint density at radius 1 is 1.33 bits per heavy atom. The van der Waals surface area contributed by atoms with E-state index in [0.29, 0.717) is 5.33 Å². The quantitative estimate of drug-likeness (QED) is 0.507. The van der Waals surface area contributed by atoms with Crippen molar-refractivity contribution in [2.75, 3.05) is 11.9 Å². The molecular weight excluding hydrogens is 201 g/mol. The number of rotatable bonds is 3. The van der Waals surface area contributed by atoms with Gasteiger partial charge in [-0.2, -0.15) is 13.2 Å². The number of hydrogen-bond donors (Lipinski definition) is 0. The van der Waals surface area contributed by atoms with E-state index >= 15 is 0 Å². The maximum atomic E-state index is 11.6. The van der Waals surface area contributed by atoms with E-state index in [-0.39, 0.29) is 6.61 Å². The zero-order valence-electron chi connectivity index (χ0n) is 4.33. The third-order valence-electron chi connectivity index (χ3n) is 0.455. The molecule has 0 heterocycles.